The van der Waals surface area contributed by atoms with E-state index >= 15 is 0 Å². The lowest BCUT2D eigenvalue weighted by Crippen LogP contribution is -2.15. The van der Waals surface area contributed by atoms with Gasteiger partial charge in [0, 0.05) is 18.0 Å². The summed E-state index contributed by atoms with van der Waals surface area (Å²) in [6.07, 6.45) is -0.939. The summed E-state index contributed by atoms with van der Waals surface area (Å²) in [6, 6.07) is 12.7. The van der Waals surface area contributed by atoms with E-state index in [1.807, 2.05) is 41.9 Å². The number of fused-ring (bicyclic) bond motifs is 1. The van der Waals surface area contributed by atoms with Gasteiger partial charge in [-0.3, -0.25) is 4.72 Å². The van der Waals surface area contributed by atoms with E-state index in [0.717, 1.165) is 29.4 Å². The molecule has 160 valence electrons. The van der Waals surface area contributed by atoms with Crippen LogP contribution < -0.4 is 4.72 Å². The van der Waals surface area contributed by atoms with Crippen LogP contribution in [-0.2, 0) is 16.2 Å². The summed E-state index contributed by atoms with van der Waals surface area (Å²) < 4.78 is 68.8. The van der Waals surface area contributed by atoms with Crippen molar-refractivity contribution in [3.8, 4) is 11.3 Å². The lowest BCUT2D eigenvalue weighted by Gasteiger charge is -2.13. The van der Waals surface area contributed by atoms with Gasteiger partial charge < -0.3 is 4.40 Å². The fraction of sp³-hybridized carbons (Fsp3) is 0.136. The SMILES string of the molecule is Cc1ccc(-c2cn3cccc(C)c3n2)cc1NS(=O)(=O)c1cccc(C(F)(F)F)c1. The Hall–Kier alpha value is -3.33. The highest BCUT2D eigenvalue weighted by Crippen LogP contribution is 2.32. The zero-order chi connectivity index (χ0) is 22.4. The molecule has 0 amide bonds. The second-order valence-electron chi connectivity index (χ2n) is 7.21. The molecule has 4 aromatic rings. The highest BCUT2D eigenvalue weighted by atomic mass is 32.2. The molecule has 5 nitrogen and oxygen atoms in total. The second-order valence-corrected chi connectivity index (χ2v) is 8.89. The van der Waals surface area contributed by atoms with Crippen molar-refractivity contribution >= 4 is 21.4 Å². The van der Waals surface area contributed by atoms with Crippen LogP contribution in [-0.4, -0.2) is 17.8 Å². The van der Waals surface area contributed by atoms with Crippen molar-refractivity contribution in [2.75, 3.05) is 4.72 Å². The predicted octanol–water partition coefficient (Wildman–Crippen LogP) is 5.44. The van der Waals surface area contributed by atoms with Crippen LogP contribution >= 0.6 is 0 Å². The number of nitrogens with zero attached hydrogens (tertiary/aromatic N) is 2. The number of alkyl halides is 3. The highest BCUT2D eigenvalue weighted by Gasteiger charge is 2.31. The van der Waals surface area contributed by atoms with Crippen LogP contribution in [0.2, 0.25) is 0 Å². The summed E-state index contributed by atoms with van der Waals surface area (Å²) in [4.78, 5) is 4.14. The van der Waals surface area contributed by atoms with Gasteiger partial charge in [-0.2, -0.15) is 13.2 Å². The van der Waals surface area contributed by atoms with Crippen LogP contribution in [0.5, 0.6) is 0 Å². The molecule has 0 saturated heterocycles. The molecule has 0 atom stereocenters. The third-order valence-electron chi connectivity index (χ3n) is 4.93. The largest absolute Gasteiger partial charge is 0.416 e. The van der Waals surface area contributed by atoms with Gasteiger partial charge in [-0.05, 0) is 55.3 Å². The normalized spacial score (nSPS) is 12.3. The number of sulfonamides is 1. The number of aromatic nitrogens is 2. The maximum Gasteiger partial charge on any atom is 0.416 e. The summed E-state index contributed by atoms with van der Waals surface area (Å²) in [5.74, 6) is 0. The zero-order valence-corrected chi connectivity index (χ0v) is 17.4. The molecule has 0 spiro atoms. The summed E-state index contributed by atoms with van der Waals surface area (Å²) >= 11 is 0. The molecular weight excluding hydrogens is 427 g/mol. The first-order valence-corrected chi connectivity index (χ1v) is 10.8. The molecule has 2 heterocycles. The molecule has 0 aliphatic rings. The lowest BCUT2D eigenvalue weighted by molar-refractivity contribution is -0.137. The van der Waals surface area contributed by atoms with Gasteiger partial charge in [-0.15, -0.1) is 0 Å². The van der Waals surface area contributed by atoms with Gasteiger partial charge in [0.1, 0.15) is 5.65 Å². The van der Waals surface area contributed by atoms with Crippen molar-refractivity contribution in [2.45, 2.75) is 24.9 Å². The van der Waals surface area contributed by atoms with E-state index < -0.39 is 26.7 Å². The fourth-order valence-corrected chi connectivity index (χ4v) is 4.39. The van der Waals surface area contributed by atoms with Crippen LogP contribution in [0.1, 0.15) is 16.7 Å². The topological polar surface area (TPSA) is 63.5 Å². The van der Waals surface area contributed by atoms with Crippen molar-refractivity contribution in [2.24, 2.45) is 0 Å². The van der Waals surface area contributed by atoms with Crippen molar-refractivity contribution in [1.29, 1.82) is 0 Å². The number of hydrogen-bond donors (Lipinski definition) is 1. The number of hydrogen-bond acceptors (Lipinski definition) is 3. The minimum Gasteiger partial charge on any atom is -0.306 e. The molecule has 0 bridgehead atoms. The number of anilines is 1. The Balaban J connectivity index is 1.71. The van der Waals surface area contributed by atoms with Crippen molar-refractivity contribution in [3.05, 3.63) is 83.7 Å². The number of pyridine rings is 1. The quantitative estimate of drug-likeness (QED) is 0.455. The smallest absolute Gasteiger partial charge is 0.306 e. The molecule has 1 N–H and O–H groups in total. The molecule has 0 fully saturated rings. The minimum atomic E-state index is -4.64. The summed E-state index contributed by atoms with van der Waals surface area (Å²) in [7, 11) is -4.22. The number of halogens is 3. The van der Waals surface area contributed by atoms with E-state index in [9.17, 15) is 21.6 Å². The number of nitrogens with one attached hydrogen (secondary N) is 1. The third kappa shape index (κ3) is 4.13. The Bertz CT molecular complexity index is 1390. The van der Waals surface area contributed by atoms with Gasteiger partial charge in [0.25, 0.3) is 10.0 Å². The van der Waals surface area contributed by atoms with E-state index in [4.69, 9.17) is 0 Å². The first-order chi connectivity index (χ1) is 14.5. The Morgan fingerprint density at radius 1 is 0.968 bits per heavy atom. The molecule has 9 heteroatoms. The standard InChI is InChI=1S/C22H18F3N3O2S/c1-14-8-9-16(20-13-28-10-4-5-15(2)21(28)26-20)11-19(14)27-31(29,30)18-7-3-6-17(12-18)22(23,24)25/h3-13,27H,1-2H3. The van der Waals surface area contributed by atoms with Crippen LogP contribution in [0.25, 0.3) is 16.9 Å². The summed E-state index contributed by atoms with van der Waals surface area (Å²) in [6.45, 7) is 3.65. The van der Waals surface area contributed by atoms with Crippen molar-refractivity contribution in [1.82, 2.24) is 9.38 Å². The molecule has 2 aromatic carbocycles. The average molecular weight is 445 g/mol. The third-order valence-corrected chi connectivity index (χ3v) is 6.29. The Kier molecular flexibility index (Phi) is 5.01. The zero-order valence-electron chi connectivity index (χ0n) is 16.6. The Morgan fingerprint density at radius 2 is 1.74 bits per heavy atom. The second kappa shape index (κ2) is 7.42. The van der Waals surface area contributed by atoms with Crippen molar-refractivity contribution < 1.29 is 21.6 Å². The van der Waals surface area contributed by atoms with Gasteiger partial charge in [0.05, 0.1) is 21.8 Å². The molecule has 0 aliphatic heterocycles. The Morgan fingerprint density at radius 3 is 2.45 bits per heavy atom. The summed E-state index contributed by atoms with van der Waals surface area (Å²) in [5.41, 5.74) is 2.96. The van der Waals surface area contributed by atoms with E-state index in [1.54, 1.807) is 19.1 Å². The molecule has 4 rings (SSSR count). The predicted molar refractivity (Wildman–Crippen MR) is 112 cm³/mol. The van der Waals surface area contributed by atoms with Gasteiger partial charge >= 0.3 is 6.18 Å². The number of aryl methyl sites for hydroxylation is 2. The molecule has 0 saturated carbocycles. The van der Waals surface area contributed by atoms with Gasteiger partial charge in [-0.25, -0.2) is 13.4 Å². The average Bonchev–Trinajstić information content (AvgIpc) is 3.15. The first kappa shape index (κ1) is 20.9. The lowest BCUT2D eigenvalue weighted by atomic mass is 10.1. The van der Waals surface area contributed by atoms with Crippen LogP contribution in [0.3, 0.4) is 0 Å². The van der Waals surface area contributed by atoms with Gasteiger partial charge in [0.2, 0.25) is 0 Å². The fourth-order valence-electron chi connectivity index (χ4n) is 3.23. The number of imidazole rings is 1. The molecule has 0 radical (unpaired) electrons. The molecule has 2 aromatic heterocycles. The van der Waals surface area contributed by atoms with Crippen LogP contribution in [0.15, 0.2) is 71.9 Å². The maximum atomic E-state index is 13.0. The molecule has 0 aliphatic carbocycles. The highest BCUT2D eigenvalue weighted by molar-refractivity contribution is 7.92. The van der Waals surface area contributed by atoms with E-state index in [1.165, 1.54) is 0 Å². The first-order valence-electron chi connectivity index (χ1n) is 9.30. The van der Waals surface area contributed by atoms with Crippen LogP contribution in [0.4, 0.5) is 18.9 Å². The van der Waals surface area contributed by atoms with E-state index in [0.29, 0.717) is 22.9 Å². The minimum absolute atomic E-state index is 0.267. The molecule has 0 unspecified atom stereocenters. The van der Waals surface area contributed by atoms with Gasteiger partial charge in [-0.1, -0.05) is 24.3 Å². The molecular formula is C22H18F3N3O2S. The molecule has 31 heavy (non-hydrogen) atoms. The van der Waals surface area contributed by atoms with E-state index in [-0.39, 0.29) is 5.69 Å². The van der Waals surface area contributed by atoms with Crippen LogP contribution in [0, 0.1) is 13.8 Å². The number of benzene rings is 2. The maximum absolute atomic E-state index is 13.0. The Labute approximate surface area is 177 Å². The van der Waals surface area contributed by atoms with E-state index in [2.05, 4.69) is 9.71 Å². The number of rotatable bonds is 4. The van der Waals surface area contributed by atoms with Gasteiger partial charge in [0.15, 0.2) is 0 Å². The van der Waals surface area contributed by atoms with Crippen molar-refractivity contribution in [3.63, 3.8) is 0 Å². The summed E-state index contributed by atoms with van der Waals surface area (Å²) in [5, 5.41) is 0. The monoisotopic (exact) mass is 445 g/mol.